The van der Waals surface area contributed by atoms with Crippen molar-refractivity contribution in [1.82, 2.24) is 15.0 Å². The largest absolute Gasteiger partial charge is 0.497 e. The van der Waals surface area contributed by atoms with Crippen LogP contribution in [0.4, 0.5) is 0 Å². The van der Waals surface area contributed by atoms with Gasteiger partial charge in [-0.3, -0.25) is 0 Å². The number of aryl methyl sites for hydroxylation is 1. The zero-order chi connectivity index (χ0) is 22.0. The van der Waals surface area contributed by atoms with E-state index in [0.29, 0.717) is 5.82 Å². The third-order valence-electron chi connectivity index (χ3n) is 5.47. The minimum atomic E-state index is -1.08. The van der Waals surface area contributed by atoms with Crippen LogP contribution in [0, 0.1) is 0 Å². The monoisotopic (exact) mass is 421 g/mol. The van der Waals surface area contributed by atoms with Crippen LogP contribution in [-0.4, -0.2) is 39.2 Å². The zero-order valence-electron chi connectivity index (χ0n) is 17.8. The van der Waals surface area contributed by atoms with Gasteiger partial charge in [-0.15, -0.1) is 4.90 Å². The Morgan fingerprint density at radius 3 is 2.52 bits per heavy atom. The van der Waals surface area contributed by atoms with E-state index in [-0.39, 0.29) is 24.4 Å². The predicted molar refractivity (Wildman–Crippen MR) is 113 cm³/mol. The number of nitrogens with one attached hydrogen (secondary N) is 1. The second-order valence-corrected chi connectivity index (χ2v) is 7.65. The summed E-state index contributed by atoms with van der Waals surface area (Å²) in [6, 6.07) is 14.9. The number of nitrogens with zero attached hydrogens (tertiary/aromatic N) is 3. The standard InChI is InChI=1S/C23H24N4O4/c1-4-5-15-6-10-17(11-7-15)23(2)21(28)27(22(29)25-23)14-19-24-20(26-31-19)16-8-12-18(30-3)13-9-16/h6-13H,4-5,14H2,1-3H3,(H,25,29)/p+1/t23-/m0/s1. The number of hydrogen-bond donors (Lipinski definition) is 2. The summed E-state index contributed by atoms with van der Waals surface area (Å²) in [7, 11) is 1.60. The first kappa shape index (κ1) is 20.6. The third kappa shape index (κ3) is 3.88. The number of amidine groups is 1. The molecule has 0 bridgehead atoms. The number of methoxy groups -OCH3 is 1. The van der Waals surface area contributed by atoms with E-state index in [0.717, 1.165) is 29.7 Å². The van der Waals surface area contributed by atoms with Gasteiger partial charge >= 0.3 is 11.9 Å². The van der Waals surface area contributed by atoms with Crippen LogP contribution in [0.1, 0.15) is 37.3 Å². The van der Waals surface area contributed by atoms with E-state index in [1.165, 1.54) is 10.5 Å². The number of benzene rings is 2. The Morgan fingerprint density at radius 1 is 1.16 bits per heavy atom. The van der Waals surface area contributed by atoms with Crippen LogP contribution >= 0.6 is 0 Å². The van der Waals surface area contributed by atoms with Crippen molar-refractivity contribution in [2.24, 2.45) is 0 Å². The van der Waals surface area contributed by atoms with Crippen LogP contribution in [0.3, 0.4) is 0 Å². The minimum absolute atomic E-state index is 0.0374. The van der Waals surface area contributed by atoms with Gasteiger partial charge in [0.25, 0.3) is 5.89 Å². The van der Waals surface area contributed by atoms with Crippen LogP contribution < -0.4 is 9.73 Å². The van der Waals surface area contributed by atoms with Crippen molar-refractivity contribution in [3.8, 4) is 17.1 Å². The summed E-state index contributed by atoms with van der Waals surface area (Å²) in [4.78, 5) is 21.7. The van der Waals surface area contributed by atoms with E-state index in [9.17, 15) is 9.90 Å². The van der Waals surface area contributed by atoms with Crippen LogP contribution in [0.25, 0.3) is 11.4 Å². The van der Waals surface area contributed by atoms with Gasteiger partial charge in [0.2, 0.25) is 11.4 Å². The van der Waals surface area contributed by atoms with E-state index in [1.54, 1.807) is 26.2 Å². The van der Waals surface area contributed by atoms with Gasteiger partial charge in [-0.25, -0.2) is 9.79 Å². The van der Waals surface area contributed by atoms with Crippen LogP contribution in [0.15, 0.2) is 53.1 Å². The number of ether oxygens (including phenoxy) is 1. The molecule has 3 aromatic rings. The lowest BCUT2D eigenvalue weighted by Crippen LogP contribution is -2.82. The lowest BCUT2D eigenvalue weighted by molar-refractivity contribution is -0.540. The normalized spacial score (nSPS) is 18.4. The highest BCUT2D eigenvalue weighted by Crippen LogP contribution is 2.24. The van der Waals surface area contributed by atoms with Crippen molar-refractivity contribution in [2.45, 2.75) is 38.8 Å². The molecule has 8 heteroatoms. The third-order valence-corrected chi connectivity index (χ3v) is 5.47. The first-order chi connectivity index (χ1) is 14.9. The molecule has 0 radical (unpaired) electrons. The molecule has 4 rings (SSSR count). The van der Waals surface area contributed by atoms with Crippen molar-refractivity contribution in [2.75, 3.05) is 7.11 Å². The summed E-state index contributed by atoms with van der Waals surface area (Å²) in [5.41, 5.74) is 1.67. The molecule has 31 heavy (non-hydrogen) atoms. The van der Waals surface area contributed by atoms with E-state index >= 15 is 0 Å². The Balaban J connectivity index is 1.51. The van der Waals surface area contributed by atoms with Gasteiger partial charge in [0.15, 0.2) is 6.54 Å². The zero-order valence-corrected chi connectivity index (χ0v) is 17.8. The van der Waals surface area contributed by atoms with Gasteiger partial charge in [-0.2, -0.15) is 4.98 Å². The lowest BCUT2D eigenvalue weighted by atomic mass is 9.91. The summed E-state index contributed by atoms with van der Waals surface area (Å²) < 4.78 is 10.5. The van der Waals surface area contributed by atoms with Crippen LogP contribution in [-0.2, 0) is 23.3 Å². The highest BCUT2D eigenvalue weighted by Gasteiger charge is 2.54. The summed E-state index contributed by atoms with van der Waals surface area (Å²) >= 11 is 0. The Hall–Kier alpha value is -3.68. The Labute approximate surface area is 180 Å². The van der Waals surface area contributed by atoms with Crippen molar-refractivity contribution in [1.29, 1.82) is 0 Å². The van der Waals surface area contributed by atoms with Gasteiger partial charge in [-0.05, 0) is 43.2 Å². The number of amides is 1. The highest BCUT2D eigenvalue weighted by atomic mass is 16.5. The van der Waals surface area contributed by atoms with Crippen molar-refractivity contribution in [3.05, 3.63) is 65.5 Å². The lowest BCUT2D eigenvalue weighted by Gasteiger charge is -2.16. The van der Waals surface area contributed by atoms with Gasteiger partial charge in [-0.1, -0.05) is 42.8 Å². The first-order valence-corrected chi connectivity index (χ1v) is 10.2. The van der Waals surface area contributed by atoms with E-state index in [2.05, 4.69) is 22.1 Å². The molecule has 0 unspecified atom stereocenters. The molecule has 1 aliphatic rings. The summed E-state index contributed by atoms with van der Waals surface area (Å²) in [6.45, 7) is 3.83. The molecule has 160 valence electrons. The Kier molecular flexibility index (Phi) is 5.46. The number of aliphatic hydroxyl groups excluding tert-OH is 1. The smallest absolute Gasteiger partial charge is 0.451 e. The average Bonchev–Trinajstić information content (AvgIpc) is 3.34. The van der Waals surface area contributed by atoms with E-state index in [4.69, 9.17) is 9.26 Å². The second kappa shape index (κ2) is 8.22. The van der Waals surface area contributed by atoms with Gasteiger partial charge in [0.1, 0.15) is 5.75 Å². The molecule has 0 saturated carbocycles. The van der Waals surface area contributed by atoms with Crippen LogP contribution in [0.5, 0.6) is 5.75 Å². The first-order valence-electron chi connectivity index (χ1n) is 10.2. The fourth-order valence-electron chi connectivity index (χ4n) is 3.66. The number of rotatable bonds is 7. The number of aliphatic hydroxyl groups is 1. The Morgan fingerprint density at radius 2 is 1.87 bits per heavy atom. The number of aromatic nitrogens is 2. The molecule has 0 saturated heterocycles. The summed E-state index contributed by atoms with van der Waals surface area (Å²) in [6.07, 6.45) is 2.04. The molecule has 0 fully saturated rings. The molecular formula is C23H25N4O4+. The van der Waals surface area contributed by atoms with Gasteiger partial charge in [0.05, 0.1) is 7.11 Å². The van der Waals surface area contributed by atoms with Gasteiger partial charge < -0.3 is 14.4 Å². The fourth-order valence-corrected chi connectivity index (χ4v) is 3.66. The van der Waals surface area contributed by atoms with Crippen molar-refractivity contribution < 1.29 is 24.2 Å². The molecule has 0 spiro atoms. The van der Waals surface area contributed by atoms with Crippen LogP contribution in [0.2, 0.25) is 0 Å². The maximum absolute atomic E-state index is 13.2. The molecule has 8 nitrogen and oxygen atoms in total. The summed E-state index contributed by atoms with van der Waals surface area (Å²) in [5, 5.41) is 14.4. The molecule has 0 aliphatic carbocycles. The molecule has 1 atom stereocenters. The maximum Gasteiger partial charge on any atom is 0.451 e. The van der Waals surface area contributed by atoms with E-state index < -0.39 is 5.54 Å². The predicted octanol–water partition coefficient (Wildman–Crippen LogP) is 1.95. The molecule has 1 aliphatic heterocycles. The Bertz CT molecular complexity index is 1110. The number of carbonyl (C=O) groups excluding carboxylic acids is 1. The number of hydrogen-bond acceptors (Lipinski definition) is 5. The van der Waals surface area contributed by atoms with E-state index in [1.807, 2.05) is 36.4 Å². The molecule has 1 amide bonds. The summed E-state index contributed by atoms with van der Waals surface area (Å²) in [5.74, 6) is 1.04. The molecular weight excluding hydrogens is 396 g/mol. The average molecular weight is 421 g/mol. The molecule has 2 heterocycles. The number of carbonyl (C=O) groups is 1. The SMILES string of the molecule is CCCc1ccc([C@]2(C)[NH+]=C(O)N(Cc3nc(-c4ccc(OC)cc4)no3)C2=O)cc1. The molecule has 2 N–H and O–H groups in total. The minimum Gasteiger partial charge on any atom is -0.497 e. The quantitative estimate of drug-likeness (QED) is 0.605. The molecule has 1 aromatic heterocycles. The van der Waals surface area contributed by atoms with Gasteiger partial charge in [0, 0.05) is 11.1 Å². The topological polar surface area (TPSA) is 103 Å². The maximum atomic E-state index is 13.2. The fraction of sp³-hybridized carbons (Fsp3) is 0.304. The van der Waals surface area contributed by atoms with Crippen molar-refractivity contribution in [3.63, 3.8) is 0 Å². The molecule has 2 aromatic carbocycles. The second-order valence-electron chi connectivity index (χ2n) is 7.65. The highest BCUT2D eigenvalue weighted by molar-refractivity contribution is 5.99. The van der Waals surface area contributed by atoms with Crippen molar-refractivity contribution >= 4 is 11.9 Å².